The molecule has 11 heteroatoms. The molecule has 0 saturated carbocycles. The van der Waals surface area contributed by atoms with Gasteiger partial charge in [-0.3, -0.25) is 15.1 Å². The van der Waals surface area contributed by atoms with Crippen molar-refractivity contribution in [3.8, 4) is 33.3 Å². The quantitative estimate of drug-likeness (QED) is 0.402. The predicted octanol–water partition coefficient (Wildman–Crippen LogP) is 4.44. The summed E-state index contributed by atoms with van der Waals surface area (Å²) in [5.41, 5.74) is 5.75. The standard InChI is InChI=1S/C26H26N6O4S/c1-5-36-20-13-15(24(33)31(2)3)8-11-19(20)32-22-17(21(30-32)16-7-6-12-27-14-16)9-10-18-23(22)37-25(28-18)29-26(34)35-4/h6-8,11-14H,5,9-10H2,1-4H3,(H,28,29,34). The Labute approximate surface area is 217 Å². The number of carbonyl (C=O) groups excluding carboxylic acids is 2. The number of aryl methyl sites for hydroxylation is 1. The molecule has 3 aromatic heterocycles. The summed E-state index contributed by atoms with van der Waals surface area (Å²) in [6.07, 6.45) is 4.37. The number of hydrogen-bond acceptors (Lipinski definition) is 8. The monoisotopic (exact) mass is 518 g/mol. The third-order valence-electron chi connectivity index (χ3n) is 5.98. The number of thiazole rings is 1. The number of amides is 2. The minimum atomic E-state index is -0.573. The number of nitrogens with zero attached hydrogens (tertiary/aromatic N) is 5. The molecule has 1 aliphatic rings. The van der Waals surface area contributed by atoms with Crippen molar-refractivity contribution in [2.75, 3.05) is 33.1 Å². The van der Waals surface area contributed by atoms with Crippen LogP contribution in [0.15, 0.2) is 42.7 Å². The van der Waals surface area contributed by atoms with E-state index in [1.165, 1.54) is 23.3 Å². The van der Waals surface area contributed by atoms with E-state index in [4.69, 9.17) is 14.6 Å². The first kappa shape index (κ1) is 24.4. The van der Waals surface area contributed by atoms with Gasteiger partial charge in [-0.25, -0.2) is 14.5 Å². The Kier molecular flexibility index (Phi) is 6.62. The SMILES string of the molecule is CCOc1cc(C(=O)N(C)C)ccc1-n1nc(-c2cccnc2)c2c1-c1sc(NC(=O)OC)nc1CC2. The lowest BCUT2D eigenvalue weighted by Gasteiger charge is -2.17. The second-order valence-electron chi connectivity index (χ2n) is 8.56. The van der Waals surface area contributed by atoms with Crippen LogP contribution in [0, 0.1) is 0 Å². The maximum absolute atomic E-state index is 12.6. The third kappa shape index (κ3) is 4.53. The fourth-order valence-corrected chi connectivity index (χ4v) is 5.38. The number of hydrogen-bond donors (Lipinski definition) is 1. The number of rotatable bonds is 6. The highest BCUT2D eigenvalue weighted by atomic mass is 32.1. The topological polar surface area (TPSA) is 111 Å². The highest BCUT2D eigenvalue weighted by Crippen LogP contribution is 2.45. The van der Waals surface area contributed by atoms with E-state index in [9.17, 15) is 9.59 Å². The largest absolute Gasteiger partial charge is 0.492 e. The highest BCUT2D eigenvalue weighted by molar-refractivity contribution is 7.19. The van der Waals surface area contributed by atoms with Crippen molar-refractivity contribution in [1.29, 1.82) is 0 Å². The number of aromatic nitrogens is 4. The van der Waals surface area contributed by atoms with Crippen LogP contribution in [0.4, 0.5) is 9.93 Å². The Morgan fingerprint density at radius 3 is 2.76 bits per heavy atom. The van der Waals surface area contributed by atoms with Crippen LogP contribution in [0.25, 0.3) is 27.5 Å². The molecule has 0 unspecified atom stereocenters. The molecule has 0 saturated heterocycles. The summed E-state index contributed by atoms with van der Waals surface area (Å²) in [5, 5.41) is 8.17. The molecule has 1 aliphatic carbocycles. The lowest BCUT2D eigenvalue weighted by molar-refractivity contribution is 0.0827. The maximum Gasteiger partial charge on any atom is 0.413 e. The predicted molar refractivity (Wildman–Crippen MR) is 141 cm³/mol. The van der Waals surface area contributed by atoms with Crippen molar-refractivity contribution < 1.29 is 19.1 Å². The molecule has 0 atom stereocenters. The first-order chi connectivity index (χ1) is 17.9. The zero-order valence-corrected chi connectivity index (χ0v) is 21.8. The normalized spacial score (nSPS) is 11.9. The van der Waals surface area contributed by atoms with Crippen molar-refractivity contribution in [3.05, 3.63) is 59.5 Å². The molecule has 1 N–H and O–H groups in total. The first-order valence-electron chi connectivity index (χ1n) is 11.8. The van der Waals surface area contributed by atoms with Gasteiger partial charge in [-0.2, -0.15) is 5.10 Å². The average Bonchev–Trinajstić information content (AvgIpc) is 3.49. The van der Waals surface area contributed by atoms with Crippen LogP contribution >= 0.6 is 11.3 Å². The fraction of sp³-hybridized carbons (Fsp3) is 0.269. The Morgan fingerprint density at radius 2 is 2.05 bits per heavy atom. The van der Waals surface area contributed by atoms with Gasteiger partial charge in [-0.1, -0.05) is 11.3 Å². The Bertz CT molecular complexity index is 1480. The van der Waals surface area contributed by atoms with Crippen LogP contribution in [0.1, 0.15) is 28.5 Å². The number of carbonyl (C=O) groups is 2. The van der Waals surface area contributed by atoms with E-state index < -0.39 is 6.09 Å². The fourth-order valence-electron chi connectivity index (χ4n) is 4.32. The van der Waals surface area contributed by atoms with Gasteiger partial charge < -0.3 is 14.4 Å². The van der Waals surface area contributed by atoms with Gasteiger partial charge in [0.15, 0.2) is 5.13 Å². The molecule has 5 rings (SSSR count). The van der Waals surface area contributed by atoms with Gasteiger partial charge in [0.25, 0.3) is 5.91 Å². The Morgan fingerprint density at radius 1 is 1.22 bits per heavy atom. The van der Waals surface area contributed by atoms with Crippen molar-refractivity contribution >= 4 is 28.5 Å². The molecule has 10 nitrogen and oxygen atoms in total. The van der Waals surface area contributed by atoms with Crippen LogP contribution in [-0.2, 0) is 17.6 Å². The van der Waals surface area contributed by atoms with Gasteiger partial charge >= 0.3 is 6.09 Å². The van der Waals surface area contributed by atoms with Crippen LogP contribution in [0.2, 0.25) is 0 Å². The molecular weight excluding hydrogens is 492 g/mol. The summed E-state index contributed by atoms with van der Waals surface area (Å²) in [6.45, 7) is 2.32. The minimum Gasteiger partial charge on any atom is -0.492 e. The van der Waals surface area contributed by atoms with Gasteiger partial charge in [0.1, 0.15) is 11.4 Å². The number of pyridine rings is 1. The van der Waals surface area contributed by atoms with E-state index in [1.807, 2.05) is 29.8 Å². The van der Waals surface area contributed by atoms with Gasteiger partial charge in [-0.15, -0.1) is 0 Å². The summed E-state index contributed by atoms with van der Waals surface area (Å²) in [7, 11) is 4.74. The van der Waals surface area contributed by atoms with Gasteiger partial charge in [-0.05, 0) is 50.1 Å². The first-order valence-corrected chi connectivity index (χ1v) is 12.6. The van der Waals surface area contributed by atoms with Crippen LogP contribution in [0.5, 0.6) is 5.75 Å². The lowest BCUT2D eigenvalue weighted by Crippen LogP contribution is -2.21. The smallest absolute Gasteiger partial charge is 0.413 e. The van der Waals surface area contributed by atoms with E-state index in [-0.39, 0.29) is 5.91 Å². The van der Waals surface area contributed by atoms with E-state index >= 15 is 0 Å². The molecule has 4 aromatic rings. The molecule has 2 amide bonds. The second-order valence-corrected chi connectivity index (χ2v) is 9.55. The number of benzene rings is 1. The molecule has 3 heterocycles. The number of anilines is 1. The van der Waals surface area contributed by atoms with E-state index in [1.54, 1.807) is 38.6 Å². The lowest BCUT2D eigenvalue weighted by atomic mass is 9.95. The van der Waals surface area contributed by atoms with Gasteiger partial charge in [0, 0.05) is 43.2 Å². The molecule has 0 bridgehead atoms. The summed E-state index contributed by atoms with van der Waals surface area (Å²) in [5.74, 6) is 0.428. The number of fused-ring (bicyclic) bond motifs is 3. The molecule has 190 valence electrons. The van der Waals surface area contributed by atoms with Crippen LogP contribution in [-0.4, -0.2) is 64.5 Å². The van der Waals surface area contributed by atoms with Crippen molar-refractivity contribution in [1.82, 2.24) is 24.6 Å². The Hall–Kier alpha value is -4.25. The third-order valence-corrected chi connectivity index (χ3v) is 7.00. The number of ether oxygens (including phenoxy) is 2. The van der Waals surface area contributed by atoms with Crippen molar-refractivity contribution in [3.63, 3.8) is 0 Å². The molecule has 0 fully saturated rings. The Balaban J connectivity index is 1.72. The van der Waals surface area contributed by atoms with E-state index in [0.717, 1.165) is 39.5 Å². The average molecular weight is 519 g/mol. The molecule has 0 spiro atoms. The summed E-state index contributed by atoms with van der Waals surface area (Å²) >= 11 is 1.37. The molecule has 0 radical (unpaired) electrons. The maximum atomic E-state index is 12.6. The molecule has 37 heavy (non-hydrogen) atoms. The molecule has 1 aromatic carbocycles. The zero-order valence-electron chi connectivity index (χ0n) is 20.9. The van der Waals surface area contributed by atoms with Gasteiger partial charge in [0.05, 0.1) is 35.7 Å². The number of methoxy groups -OCH3 is 1. The summed E-state index contributed by atoms with van der Waals surface area (Å²) < 4.78 is 12.6. The minimum absolute atomic E-state index is 0.116. The van der Waals surface area contributed by atoms with Crippen molar-refractivity contribution in [2.24, 2.45) is 0 Å². The molecule has 0 aliphatic heterocycles. The molecular formula is C26H26N6O4S. The van der Waals surface area contributed by atoms with Crippen LogP contribution in [0.3, 0.4) is 0 Å². The van der Waals surface area contributed by atoms with Crippen molar-refractivity contribution in [2.45, 2.75) is 19.8 Å². The summed E-state index contributed by atoms with van der Waals surface area (Å²) in [6, 6.07) is 9.24. The van der Waals surface area contributed by atoms with Gasteiger partial charge in [0.2, 0.25) is 0 Å². The number of nitrogens with one attached hydrogen (secondary N) is 1. The van der Waals surface area contributed by atoms with Crippen LogP contribution < -0.4 is 10.1 Å². The summed E-state index contributed by atoms with van der Waals surface area (Å²) in [4.78, 5) is 35.8. The highest BCUT2D eigenvalue weighted by Gasteiger charge is 2.31. The second kappa shape index (κ2) is 10.0. The zero-order chi connectivity index (χ0) is 26.1. The van der Waals surface area contributed by atoms with E-state index in [2.05, 4.69) is 15.3 Å². The van der Waals surface area contributed by atoms with E-state index in [0.29, 0.717) is 35.2 Å².